The normalized spacial score (nSPS) is 23.1. The van der Waals surface area contributed by atoms with Crippen LogP contribution in [-0.4, -0.2) is 36.0 Å². The van der Waals surface area contributed by atoms with Gasteiger partial charge < -0.3 is 4.90 Å². The Morgan fingerprint density at radius 1 is 1.44 bits per heavy atom. The van der Waals surface area contributed by atoms with Crippen LogP contribution in [0.2, 0.25) is 0 Å². The smallest absolute Gasteiger partial charge is 0.332 e. The van der Waals surface area contributed by atoms with E-state index in [1.54, 1.807) is 0 Å². The second-order valence-electron chi connectivity index (χ2n) is 5.50. The van der Waals surface area contributed by atoms with Gasteiger partial charge in [0.05, 0.1) is 0 Å². The Morgan fingerprint density at radius 3 is 2.44 bits per heavy atom. The Bertz CT molecular complexity index is 304. The summed E-state index contributed by atoms with van der Waals surface area (Å²) >= 11 is 5.49. The molecule has 0 bridgehead atoms. The van der Waals surface area contributed by atoms with E-state index in [9.17, 15) is 18.0 Å². The van der Waals surface area contributed by atoms with Crippen molar-refractivity contribution in [1.29, 1.82) is 0 Å². The molecule has 0 aromatic heterocycles. The number of halogens is 4. The predicted molar refractivity (Wildman–Crippen MR) is 64.5 cm³/mol. The maximum Gasteiger partial charge on any atom is 0.406 e. The van der Waals surface area contributed by atoms with Crippen molar-refractivity contribution in [2.45, 2.75) is 39.3 Å². The van der Waals surface area contributed by atoms with Gasteiger partial charge in [0.1, 0.15) is 6.54 Å². The summed E-state index contributed by atoms with van der Waals surface area (Å²) in [5, 5.41) is 0. The molecule has 1 amide bonds. The number of hydrogen-bond donors (Lipinski definition) is 0. The number of alkyl halides is 4. The first kappa shape index (κ1) is 15.6. The van der Waals surface area contributed by atoms with E-state index in [2.05, 4.69) is 0 Å². The topological polar surface area (TPSA) is 20.3 Å². The molecule has 1 aliphatic rings. The third-order valence-corrected chi connectivity index (χ3v) is 3.76. The van der Waals surface area contributed by atoms with E-state index in [1.165, 1.54) is 0 Å². The highest BCUT2D eigenvalue weighted by Crippen LogP contribution is 2.43. The van der Waals surface area contributed by atoms with E-state index in [-0.39, 0.29) is 23.8 Å². The third-order valence-electron chi connectivity index (χ3n) is 3.59. The SMILES string of the molecule is CC1(C)CCCC1C(=O)N(CCCl)CC(F)(F)F. The fraction of sp³-hybridized carbons (Fsp3) is 0.917. The standard InChI is InChI=1S/C12H19ClF3NO/c1-11(2)5-3-4-9(11)10(18)17(7-6-13)8-12(14,15)16/h9H,3-8H2,1-2H3. The highest BCUT2D eigenvalue weighted by molar-refractivity contribution is 6.18. The number of rotatable bonds is 4. The molecule has 1 rings (SSSR count). The van der Waals surface area contributed by atoms with Gasteiger partial charge in [-0.05, 0) is 18.3 Å². The average Bonchev–Trinajstić information content (AvgIpc) is 2.54. The van der Waals surface area contributed by atoms with Gasteiger partial charge in [-0.3, -0.25) is 4.79 Å². The summed E-state index contributed by atoms with van der Waals surface area (Å²) in [6, 6.07) is 0. The van der Waals surface area contributed by atoms with Crippen LogP contribution in [0.5, 0.6) is 0 Å². The first-order valence-corrected chi connectivity index (χ1v) is 6.62. The summed E-state index contributed by atoms with van der Waals surface area (Å²) < 4.78 is 37.3. The van der Waals surface area contributed by atoms with Crippen LogP contribution in [-0.2, 0) is 4.79 Å². The number of amides is 1. The average molecular weight is 286 g/mol. The minimum atomic E-state index is -4.37. The molecule has 0 spiro atoms. The monoisotopic (exact) mass is 285 g/mol. The van der Waals surface area contributed by atoms with Crippen LogP contribution >= 0.6 is 11.6 Å². The van der Waals surface area contributed by atoms with Gasteiger partial charge >= 0.3 is 6.18 Å². The zero-order valence-electron chi connectivity index (χ0n) is 10.7. The fourth-order valence-corrected chi connectivity index (χ4v) is 2.79. The number of carbonyl (C=O) groups is 1. The molecule has 0 aromatic rings. The quantitative estimate of drug-likeness (QED) is 0.725. The lowest BCUT2D eigenvalue weighted by Gasteiger charge is -2.32. The summed E-state index contributed by atoms with van der Waals surface area (Å²) in [6.07, 6.45) is -1.93. The molecule has 1 unspecified atom stereocenters. The van der Waals surface area contributed by atoms with Crippen molar-refractivity contribution >= 4 is 17.5 Å². The second-order valence-corrected chi connectivity index (χ2v) is 5.88. The van der Waals surface area contributed by atoms with Gasteiger partial charge in [-0.15, -0.1) is 11.6 Å². The lowest BCUT2D eigenvalue weighted by molar-refractivity contribution is -0.165. The zero-order valence-corrected chi connectivity index (χ0v) is 11.4. The molecule has 18 heavy (non-hydrogen) atoms. The van der Waals surface area contributed by atoms with Gasteiger partial charge in [-0.25, -0.2) is 0 Å². The Kier molecular flexibility index (Phi) is 4.92. The van der Waals surface area contributed by atoms with Gasteiger partial charge in [0.2, 0.25) is 5.91 Å². The maximum absolute atomic E-state index is 12.4. The first-order chi connectivity index (χ1) is 8.17. The van der Waals surface area contributed by atoms with Crippen LogP contribution < -0.4 is 0 Å². The molecule has 1 saturated carbocycles. The van der Waals surface area contributed by atoms with Crippen molar-refractivity contribution in [3.63, 3.8) is 0 Å². The van der Waals surface area contributed by atoms with Crippen LogP contribution in [0, 0.1) is 11.3 Å². The van der Waals surface area contributed by atoms with Crippen LogP contribution in [0.4, 0.5) is 13.2 Å². The molecule has 0 aliphatic heterocycles. The predicted octanol–water partition coefficient (Wildman–Crippen LogP) is 3.44. The summed E-state index contributed by atoms with van der Waals surface area (Å²) in [7, 11) is 0. The molecule has 1 aliphatic carbocycles. The molecular formula is C12H19ClF3NO. The zero-order chi connectivity index (χ0) is 14.0. The van der Waals surface area contributed by atoms with Crippen molar-refractivity contribution in [3.05, 3.63) is 0 Å². The van der Waals surface area contributed by atoms with Crippen molar-refractivity contribution in [2.24, 2.45) is 11.3 Å². The van der Waals surface area contributed by atoms with Gasteiger partial charge in [-0.2, -0.15) is 13.2 Å². The first-order valence-electron chi connectivity index (χ1n) is 6.09. The molecule has 0 heterocycles. The molecule has 1 fully saturated rings. The summed E-state index contributed by atoms with van der Waals surface area (Å²) in [5.74, 6) is -0.701. The summed E-state index contributed by atoms with van der Waals surface area (Å²) in [4.78, 5) is 13.0. The second kappa shape index (κ2) is 5.68. The summed E-state index contributed by atoms with van der Waals surface area (Å²) in [6.45, 7) is 2.63. The molecular weight excluding hydrogens is 267 g/mol. The van der Waals surface area contributed by atoms with Crippen LogP contribution in [0.3, 0.4) is 0 Å². The molecule has 0 radical (unpaired) electrons. The molecule has 2 nitrogen and oxygen atoms in total. The van der Waals surface area contributed by atoms with E-state index in [4.69, 9.17) is 11.6 Å². The molecule has 106 valence electrons. The minimum Gasteiger partial charge on any atom is -0.332 e. The molecule has 1 atom stereocenters. The number of hydrogen-bond acceptors (Lipinski definition) is 1. The molecule has 0 N–H and O–H groups in total. The number of carbonyl (C=O) groups excluding carboxylic acids is 1. The van der Waals surface area contributed by atoms with Crippen molar-refractivity contribution in [1.82, 2.24) is 4.90 Å². The van der Waals surface area contributed by atoms with Crippen LogP contribution in [0.15, 0.2) is 0 Å². The number of nitrogens with zero attached hydrogens (tertiary/aromatic N) is 1. The minimum absolute atomic E-state index is 0.0228. The van der Waals surface area contributed by atoms with E-state index >= 15 is 0 Å². The Morgan fingerprint density at radius 2 is 2.06 bits per heavy atom. The van der Waals surface area contributed by atoms with Gasteiger partial charge in [0, 0.05) is 18.3 Å². The largest absolute Gasteiger partial charge is 0.406 e. The van der Waals surface area contributed by atoms with E-state index in [1.807, 2.05) is 13.8 Å². The lowest BCUT2D eigenvalue weighted by Crippen LogP contribution is -2.45. The van der Waals surface area contributed by atoms with Gasteiger partial charge in [-0.1, -0.05) is 20.3 Å². The maximum atomic E-state index is 12.4. The van der Waals surface area contributed by atoms with E-state index in [0.717, 1.165) is 17.7 Å². The molecule has 0 aromatic carbocycles. The summed E-state index contributed by atoms with van der Waals surface area (Å²) in [5.41, 5.74) is -0.215. The Labute approximate surface area is 110 Å². The van der Waals surface area contributed by atoms with E-state index in [0.29, 0.717) is 6.42 Å². The van der Waals surface area contributed by atoms with Crippen molar-refractivity contribution < 1.29 is 18.0 Å². The Hall–Kier alpha value is -0.450. The Balaban J connectivity index is 2.76. The highest BCUT2D eigenvalue weighted by Gasteiger charge is 2.43. The van der Waals surface area contributed by atoms with E-state index < -0.39 is 18.6 Å². The van der Waals surface area contributed by atoms with Crippen LogP contribution in [0.1, 0.15) is 33.1 Å². The molecule has 0 saturated heterocycles. The third kappa shape index (κ3) is 4.04. The fourth-order valence-electron chi connectivity index (χ4n) is 2.59. The van der Waals surface area contributed by atoms with Crippen molar-refractivity contribution in [3.8, 4) is 0 Å². The van der Waals surface area contributed by atoms with Gasteiger partial charge in [0.15, 0.2) is 0 Å². The lowest BCUT2D eigenvalue weighted by atomic mass is 9.81. The van der Waals surface area contributed by atoms with Crippen molar-refractivity contribution in [2.75, 3.05) is 19.0 Å². The molecule has 6 heteroatoms. The van der Waals surface area contributed by atoms with Gasteiger partial charge in [0.25, 0.3) is 0 Å². The van der Waals surface area contributed by atoms with Crippen LogP contribution in [0.25, 0.3) is 0 Å². The highest BCUT2D eigenvalue weighted by atomic mass is 35.5.